The van der Waals surface area contributed by atoms with Crippen molar-refractivity contribution < 1.29 is 9.47 Å². The normalized spacial score (nSPS) is 11.8. The molecule has 2 aromatic carbocycles. The van der Waals surface area contributed by atoms with E-state index < -0.39 is 0 Å². The maximum absolute atomic E-state index is 6.02. The zero-order valence-corrected chi connectivity index (χ0v) is 13.6. The van der Waals surface area contributed by atoms with E-state index in [0.717, 1.165) is 30.2 Å². The lowest BCUT2D eigenvalue weighted by molar-refractivity contribution is 0.210. The Bertz CT molecular complexity index is 549. The van der Waals surface area contributed by atoms with Crippen LogP contribution >= 0.6 is 0 Å². The number of hydrogen-bond acceptors (Lipinski definition) is 3. The van der Waals surface area contributed by atoms with Crippen LogP contribution in [0, 0.1) is 6.92 Å². The van der Waals surface area contributed by atoms with Crippen LogP contribution in [0.3, 0.4) is 0 Å². The minimum absolute atomic E-state index is 0.147. The fraction of sp³-hybridized carbons (Fsp3) is 0.368. The highest BCUT2D eigenvalue weighted by Gasteiger charge is 2.08. The zero-order chi connectivity index (χ0) is 15.8. The van der Waals surface area contributed by atoms with E-state index in [-0.39, 0.29) is 6.10 Å². The largest absolute Gasteiger partial charge is 0.494 e. The highest BCUT2D eigenvalue weighted by atomic mass is 16.5. The van der Waals surface area contributed by atoms with Crippen LogP contribution in [-0.2, 0) is 0 Å². The highest BCUT2D eigenvalue weighted by Crippen LogP contribution is 2.17. The third-order valence-corrected chi connectivity index (χ3v) is 3.48. The van der Waals surface area contributed by atoms with Crippen molar-refractivity contribution >= 4 is 5.69 Å². The Morgan fingerprint density at radius 3 is 2.14 bits per heavy atom. The molecule has 0 aromatic heterocycles. The SMILES string of the molecule is CCOc1ccc(NCC(CC)Oc2ccc(C)cc2)cc1. The van der Waals surface area contributed by atoms with Crippen molar-refractivity contribution in [2.75, 3.05) is 18.5 Å². The van der Waals surface area contributed by atoms with E-state index in [1.807, 2.05) is 43.3 Å². The molecule has 118 valence electrons. The second-order valence-electron chi connectivity index (χ2n) is 5.30. The first-order chi connectivity index (χ1) is 10.7. The first-order valence-electron chi connectivity index (χ1n) is 7.91. The number of anilines is 1. The van der Waals surface area contributed by atoms with E-state index in [1.165, 1.54) is 5.56 Å². The molecule has 3 heteroatoms. The average molecular weight is 299 g/mol. The summed E-state index contributed by atoms with van der Waals surface area (Å²) in [5.41, 5.74) is 2.32. The van der Waals surface area contributed by atoms with Gasteiger partial charge in [0.1, 0.15) is 17.6 Å². The van der Waals surface area contributed by atoms with Crippen molar-refractivity contribution in [1.82, 2.24) is 0 Å². The number of aryl methyl sites for hydroxylation is 1. The summed E-state index contributed by atoms with van der Waals surface area (Å²) in [6.07, 6.45) is 1.10. The van der Waals surface area contributed by atoms with Crippen molar-refractivity contribution in [2.24, 2.45) is 0 Å². The second-order valence-corrected chi connectivity index (χ2v) is 5.30. The molecule has 0 saturated carbocycles. The van der Waals surface area contributed by atoms with Gasteiger partial charge in [0, 0.05) is 5.69 Å². The van der Waals surface area contributed by atoms with Crippen LogP contribution in [0.4, 0.5) is 5.69 Å². The van der Waals surface area contributed by atoms with E-state index in [2.05, 4.69) is 31.3 Å². The number of benzene rings is 2. The minimum Gasteiger partial charge on any atom is -0.494 e. The monoisotopic (exact) mass is 299 g/mol. The fourth-order valence-electron chi connectivity index (χ4n) is 2.15. The van der Waals surface area contributed by atoms with Gasteiger partial charge in [-0.15, -0.1) is 0 Å². The van der Waals surface area contributed by atoms with Gasteiger partial charge >= 0.3 is 0 Å². The highest BCUT2D eigenvalue weighted by molar-refractivity contribution is 5.46. The molecule has 2 rings (SSSR count). The summed E-state index contributed by atoms with van der Waals surface area (Å²) in [7, 11) is 0. The Kier molecular flexibility index (Phi) is 6.13. The Morgan fingerprint density at radius 1 is 0.909 bits per heavy atom. The second kappa shape index (κ2) is 8.32. The number of rotatable bonds is 8. The molecule has 0 saturated heterocycles. The molecule has 0 fully saturated rings. The van der Waals surface area contributed by atoms with Crippen molar-refractivity contribution in [3.05, 3.63) is 54.1 Å². The van der Waals surface area contributed by atoms with E-state index in [0.29, 0.717) is 6.61 Å². The van der Waals surface area contributed by atoms with E-state index >= 15 is 0 Å². The van der Waals surface area contributed by atoms with Crippen LogP contribution in [0.5, 0.6) is 11.5 Å². The molecule has 1 atom stereocenters. The summed E-state index contributed by atoms with van der Waals surface area (Å²) in [6.45, 7) is 7.67. The van der Waals surface area contributed by atoms with Gasteiger partial charge in [0.2, 0.25) is 0 Å². The van der Waals surface area contributed by atoms with Gasteiger partial charge in [0.05, 0.1) is 13.2 Å². The molecule has 0 bridgehead atoms. The minimum atomic E-state index is 0.147. The predicted molar refractivity (Wildman–Crippen MR) is 92.0 cm³/mol. The number of ether oxygens (including phenoxy) is 2. The van der Waals surface area contributed by atoms with Gasteiger partial charge in [-0.05, 0) is 56.7 Å². The molecule has 0 amide bonds. The Balaban J connectivity index is 1.86. The van der Waals surface area contributed by atoms with Gasteiger partial charge in [-0.2, -0.15) is 0 Å². The third-order valence-electron chi connectivity index (χ3n) is 3.48. The van der Waals surface area contributed by atoms with Gasteiger partial charge in [-0.1, -0.05) is 24.6 Å². The smallest absolute Gasteiger partial charge is 0.119 e. The van der Waals surface area contributed by atoms with Gasteiger partial charge in [-0.3, -0.25) is 0 Å². The third kappa shape index (κ3) is 4.99. The Morgan fingerprint density at radius 2 is 1.55 bits per heavy atom. The molecule has 2 aromatic rings. The van der Waals surface area contributed by atoms with Crippen LogP contribution < -0.4 is 14.8 Å². The van der Waals surface area contributed by atoms with Gasteiger partial charge < -0.3 is 14.8 Å². The molecule has 0 radical (unpaired) electrons. The van der Waals surface area contributed by atoms with Crippen LogP contribution in [-0.4, -0.2) is 19.3 Å². The molecule has 0 aliphatic carbocycles. The van der Waals surface area contributed by atoms with Crippen LogP contribution in [0.25, 0.3) is 0 Å². The van der Waals surface area contributed by atoms with Gasteiger partial charge in [0.25, 0.3) is 0 Å². The lowest BCUT2D eigenvalue weighted by atomic mass is 10.2. The quantitative estimate of drug-likeness (QED) is 0.768. The number of hydrogen-bond donors (Lipinski definition) is 1. The predicted octanol–water partition coefficient (Wildman–Crippen LogP) is 4.66. The van der Waals surface area contributed by atoms with Crippen LogP contribution in [0.15, 0.2) is 48.5 Å². The van der Waals surface area contributed by atoms with Crippen LogP contribution in [0.2, 0.25) is 0 Å². The molecule has 1 unspecified atom stereocenters. The van der Waals surface area contributed by atoms with E-state index in [4.69, 9.17) is 9.47 Å². The summed E-state index contributed by atoms with van der Waals surface area (Å²) in [5, 5.41) is 3.42. The zero-order valence-electron chi connectivity index (χ0n) is 13.6. The first kappa shape index (κ1) is 16.2. The fourth-order valence-corrected chi connectivity index (χ4v) is 2.15. The Labute approximate surface area is 133 Å². The van der Waals surface area contributed by atoms with Crippen molar-refractivity contribution in [2.45, 2.75) is 33.3 Å². The van der Waals surface area contributed by atoms with E-state index in [1.54, 1.807) is 0 Å². The standard InChI is InChI=1S/C19H25NO2/c1-4-17(22-19-10-6-15(3)7-11-19)14-20-16-8-12-18(13-9-16)21-5-2/h6-13,17,20H,4-5,14H2,1-3H3. The van der Waals surface area contributed by atoms with Crippen molar-refractivity contribution in [3.8, 4) is 11.5 Å². The summed E-state index contributed by atoms with van der Waals surface area (Å²) in [5.74, 6) is 1.82. The van der Waals surface area contributed by atoms with Crippen molar-refractivity contribution in [3.63, 3.8) is 0 Å². The molecule has 0 heterocycles. The summed E-state index contributed by atoms with van der Waals surface area (Å²) < 4.78 is 11.5. The molecule has 1 N–H and O–H groups in total. The first-order valence-corrected chi connectivity index (χ1v) is 7.91. The molecular formula is C19H25NO2. The summed E-state index contributed by atoms with van der Waals surface area (Å²) in [4.78, 5) is 0. The number of nitrogens with one attached hydrogen (secondary N) is 1. The molecule has 0 spiro atoms. The molecule has 3 nitrogen and oxygen atoms in total. The topological polar surface area (TPSA) is 30.5 Å². The van der Waals surface area contributed by atoms with Crippen LogP contribution in [0.1, 0.15) is 25.8 Å². The molecular weight excluding hydrogens is 274 g/mol. The summed E-state index contributed by atoms with van der Waals surface area (Å²) >= 11 is 0. The molecule has 0 aliphatic rings. The Hall–Kier alpha value is -2.16. The van der Waals surface area contributed by atoms with Gasteiger partial charge in [0.15, 0.2) is 0 Å². The van der Waals surface area contributed by atoms with E-state index in [9.17, 15) is 0 Å². The maximum atomic E-state index is 6.02. The van der Waals surface area contributed by atoms with Crippen molar-refractivity contribution in [1.29, 1.82) is 0 Å². The summed E-state index contributed by atoms with van der Waals surface area (Å²) in [6, 6.07) is 16.2. The molecule has 22 heavy (non-hydrogen) atoms. The maximum Gasteiger partial charge on any atom is 0.119 e. The lowest BCUT2D eigenvalue weighted by Gasteiger charge is -2.19. The van der Waals surface area contributed by atoms with Gasteiger partial charge in [-0.25, -0.2) is 0 Å². The lowest BCUT2D eigenvalue weighted by Crippen LogP contribution is -2.25. The average Bonchev–Trinajstić information content (AvgIpc) is 2.55. The molecule has 0 aliphatic heterocycles.